The first kappa shape index (κ1) is 25.7. The summed E-state index contributed by atoms with van der Waals surface area (Å²) in [7, 11) is 0. The topological polar surface area (TPSA) is 0 Å². The Bertz CT molecular complexity index is 867. The van der Waals surface area contributed by atoms with Crippen molar-refractivity contribution >= 4 is 0 Å². The van der Waals surface area contributed by atoms with Crippen LogP contribution in [0.5, 0.6) is 0 Å². The van der Waals surface area contributed by atoms with E-state index in [4.69, 9.17) is 0 Å². The van der Waals surface area contributed by atoms with Crippen molar-refractivity contribution in [1.82, 2.24) is 0 Å². The fourth-order valence-electron chi connectivity index (χ4n) is 4.80. The minimum Gasteiger partial charge on any atom is -0.0645 e. The van der Waals surface area contributed by atoms with Gasteiger partial charge in [0.2, 0.25) is 0 Å². The van der Waals surface area contributed by atoms with Crippen molar-refractivity contribution in [1.29, 1.82) is 0 Å². The number of hydrogen-bond donors (Lipinski definition) is 0. The van der Waals surface area contributed by atoms with E-state index in [1.165, 1.54) is 27.8 Å². The van der Waals surface area contributed by atoms with E-state index in [0.717, 1.165) is 6.42 Å². The van der Waals surface area contributed by atoms with Gasteiger partial charge in [-0.25, -0.2) is 0 Å². The van der Waals surface area contributed by atoms with Gasteiger partial charge in [0.1, 0.15) is 0 Å². The predicted octanol–water partition coefficient (Wildman–Crippen LogP) is 9.42. The normalized spacial score (nSPS) is 14.6. The van der Waals surface area contributed by atoms with Gasteiger partial charge in [0.15, 0.2) is 0 Å². The van der Waals surface area contributed by atoms with E-state index in [1.807, 2.05) is 0 Å². The molecule has 0 heteroatoms. The van der Waals surface area contributed by atoms with E-state index in [1.54, 1.807) is 5.56 Å². The standard InChI is InChI=1S/C31H48/c1-14-22(23-19-18-21(28(2,3)4)20-26(23)31(11,12)13)27-24(29(5,6)7)16-15-17-25(27)30(8,9)10/h15-20,22H,14H2,1-13H3. The minimum absolute atomic E-state index is 0.0998. The maximum atomic E-state index is 2.49. The molecule has 0 saturated carbocycles. The summed E-state index contributed by atoms with van der Waals surface area (Å²) in [4.78, 5) is 0. The summed E-state index contributed by atoms with van der Waals surface area (Å²) in [5, 5.41) is 0. The molecule has 0 nitrogen and oxygen atoms in total. The van der Waals surface area contributed by atoms with Crippen molar-refractivity contribution in [3.8, 4) is 0 Å². The second kappa shape index (κ2) is 8.42. The number of rotatable bonds is 3. The highest BCUT2D eigenvalue weighted by atomic mass is 14.4. The average Bonchev–Trinajstić information content (AvgIpc) is 2.59. The molecule has 172 valence electrons. The third-order valence-electron chi connectivity index (χ3n) is 6.58. The molecule has 0 aliphatic carbocycles. The first-order valence-electron chi connectivity index (χ1n) is 12.2. The molecular formula is C31H48. The van der Waals surface area contributed by atoms with Gasteiger partial charge in [-0.1, -0.05) is 126 Å². The van der Waals surface area contributed by atoms with Crippen LogP contribution in [-0.4, -0.2) is 0 Å². The van der Waals surface area contributed by atoms with Crippen LogP contribution in [0.1, 0.15) is 136 Å². The molecule has 0 N–H and O–H groups in total. The Morgan fingerprint density at radius 1 is 0.581 bits per heavy atom. The van der Waals surface area contributed by atoms with Crippen molar-refractivity contribution < 1.29 is 0 Å². The van der Waals surface area contributed by atoms with Crippen LogP contribution in [0, 0.1) is 0 Å². The average molecular weight is 421 g/mol. The van der Waals surface area contributed by atoms with E-state index < -0.39 is 0 Å². The van der Waals surface area contributed by atoms with Crippen molar-refractivity contribution in [2.75, 3.05) is 0 Å². The van der Waals surface area contributed by atoms with Gasteiger partial charge < -0.3 is 0 Å². The molecule has 31 heavy (non-hydrogen) atoms. The summed E-state index contributed by atoms with van der Waals surface area (Å²) >= 11 is 0. The molecule has 1 atom stereocenters. The van der Waals surface area contributed by atoms with Gasteiger partial charge in [0, 0.05) is 5.92 Å². The zero-order valence-electron chi connectivity index (χ0n) is 22.7. The Morgan fingerprint density at radius 3 is 1.39 bits per heavy atom. The zero-order chi connectivity index (χ0) is 24.0. The molecule has 0 saturated heterocycles. The SMILES string of the molecule is CCC(c1ccc(C(C)(C)C)cc1C(C)(C)C)c1c(C(C)(C)C)cccc1C(C)(C)C. The lowest BCUT2D eigenvalue weighted by molar-refractivity contribution is 0.534. The van der Waals surface area contributed by atoms with Crippen LogP contribution < -0.4 is 0 Å². The Kier molecular flexibility index (Phi) is 6.98. The molecule has 0 bridgehead atoms. The summed E-state index contributed by atoms with van der Waals surface area (Å²) in [5.41, 5.74) is 9.44. The second-order valence-electron chi connectivity index (χ2n) is 13.5. The van der Waals surface area contributed by atoms with Gasteiger partial charge in [-0.05, 0) is 61.5 Å². The first-order chi connectivity index (χ1) is 13.9. The maximum absolute atomic E-state index is 2.49. The fourth-order valence-corrected chi connectivity index (χ4v) is 4.80. The lowest BCUT2D eigenvalue weighted by Crippen LogP contribution is -2.25. The molecule has 0 aliphatic rings. The van der Waals surface area contributed by atoms with Gasteiger partial charge in [-0.2, -0.15) is 0 Å². The number of hydrogen-bond acceptors (Lipinski definition) is 0. The molecule has 0 aromatic heterocycles. The van der Waals surface area contributed by atoms with Crippen LogP contribution in [0.4, 0.5) is 0 Å². The summed E-state index contributed by atoms with van der Waals surface area (Å²) in [5.74, 6) is 0.396. The molecule has 0 heterocycles. The quantitative estimate of drug-likeness (QED) is 0.464. The summed E-state index contributed by atoms with van der Waals surface area (Å²) in [6.07, 6.45) is 1.11. The molecule has 0 fully saturated rings. The summed E-state index contributed by atoms with van der Waals surface area (Å²) < 4.78 is 0. The van der Waals surface area contributed by atoms with Crippen LogP contribution >= 0.6 is 0 Å². The van der Waals surface area contributed by atoms with Gasteiger partial charge in [0.25, 0.3) is 0 Å². The molecule has 0 spiro atoms. The molecule has 2 aromatic carbocycles. The van der Waals surface area contributed by atoms with Crippen LogP contribution in [0.3, 0.4) is 0 Å². The second-order valence-corrected chi connectivity index (χ2v) is 13.5. The van der Waals surface area contributed by atoms with Gasteiger partial charge in [0.05, 0.1) is 0 Å². The van der Waals surface area contributed by atoms with Crippen LogP contribution in [0.2, 0.25) is 0 Å². The van der Waals surface area contributed by atoms with Crippen molar-refractivity contribution in [2.45, 2.75) is 124 Å². The molecule has 2 aromatic rings. The fraction of sp³-hybridized carbons (Fsp3) is 0.613. The summed E-state index contributed by atoms with van der Waals surface area (Å²) in [6.45, 7) is 30.6. The van der Waals surface area contributed by atoms with E-state index in [0.29, 0.717) is 5.92 Å². The van der Waals surface area contributed by atoms with Crippen molar-refractivity contribution in [3.63, 3.8) is 0 Å². The van der Waals surface area contributed by atoms with E-state index in [-0.39, 0.29) is 21.7 Å². The van der Waals surface area contributed by atoms with E-state index in [9.17, 15) is 0 Å². The lowest BCUT2D eigenvalue weighted by atomic mass is 9.68. The van der Waals surface area contributed by atoms with Crippen LogP contribution in [0.25, 0.3) is 0 Å². The van der Waals surface area contributed by atoms with Crippen molar-refractivity contribution in [3.05, 3.63) is 69.8 Å². The molecular weight excluding hydrogens is 372 g/mol. The molecule has 0 amide bonds. The van der Waals surface area contributed by atoms with Crippen LogP contribution in [0.15, 0.2) is 36.4 Å². The van der Waals surface area contributed by atoms with Gasteiger partial charge in [-0.15, -0.1) is 0 Å². The third kappa shape index (κ3) is 5.63. The first-order valence-corrected chi connectivity index (χ1v) is 12.2. The Hall–Kier alpha value is -1.56. The predicted molar refractivity (Wildman–Crippen MR) is 140 cm³/mol. The number of benzene rings is 2. The minimum atomic E-state index is 0.0998. The Morgan fingerprint density at radius 2 is 1.03 bits per heavy atom. The van der Waals surface area contributed by atoms with Crippen LogP contribution in [-0.2, 0) is 21.7 Å². The largest absolute Gasteiger partial charge is 0.0645 e. The molecule has 0 radical (unpaired) electrons. The van der Waals surface area contributed by atoms with E-state index >= 15 is 0 Å². The highest BCUT2D eigenvalue weighted by molar-refractivity contribution is 5.52. The smallest absolute Gasteiger partial charge is 0.00955 e. The molecule has 0 aliphatic heterocycles. The molecule has 1 unspecified atom stereocenters. The van der Waals surface area contributed by atoms with Gasteiger partial charge in [-0.3, -0.25) is 0 Å². The summed E-state index contributed by atoms with van der Waals surface area (Å²) in [6, 6.07) is 14.3. The lowest BCUT2D eigenvalue weighted by Gasteiger charge is -2.36. The van der Waals surface area contributed by atoms with E-state index in [2.05, 4.69) is 126 Å². The highest BCUT2D eigenvalue weighted by Gasteiger charge is 2.32. The third-order valence-corrected chi connectivity index (χ3v) is 6.58. The Balaban J connectivity index is 2.92. The van der Waals surface area contributed by atoms with Gasteiger partial charge >= 0.3 is 0 Å². The highest BCUT2D eigenvalue weighted by Crippen LogP contribution is 2.45. The zero-order valence-corrected chi connectivity index (χ0v) is 22.7. The van der Waals surface area contributed by atoms with Crippen molar-refractivity contribution in [2.24, 2.45) is 0 Å². The Labute approximate surface area is 193 Å². The monoisotopic (exact) mass is 420 g/mol. The molecule has 2 rings (SSSR count). The maximum Gasteiger partial charge on any atom is 0.00955 e.